The molecule has 2 rings (SSSR count). The van der Waals surface area contributed by atoms with Gasteiger partial charge < -0.3 is 5.32 Å². The predicted octanol–water partition coefficient (Wildman–Crippen LogP) is 1.53. The third-order valence-corrected chi connectivity index (χ3v) is 2.87. The van der Waals surface area contributed by atoms with Crippen molar-refractivity contribution in [2.75, 3.05) is 7.05 Å². The topological polar surface area (TPSA) is 42.7 Å². The second kappa shape index (κ2) is 4.31. The molecule has 0 aromatic carbocycles. The van der Waals surface area contributed by atoms with E-state index in [1.165, 1.54) is 18.5 Å². The molecule has 0 aliphatic heterocycles. The van der Waals surface area contributed by atoms with Gasteiger partial charge in [0, 0.05) is 13.1 Å². The zero-order chi connectivity index (χ0) is 10.8. The molecule has 15 heavy (non-hydrogen) atoms. The van der Waals surface area contributed by atoms with Gasteiger partial charge in [0.15, 0.2) is 0 Å². The molecular formula is C11H20N4. The summed E-state index contributed by atoms with van der Waals surface area (Å²) in [6.07, 6.45) is 2.72. The van der Waals surface area contributed by atoms with Crippen molar-refractivity contribution < 1.29 is 0 Å². The molecule has 84 valence electrons. The molecule has 0 radical (unpaired) electrons. The van der Waals surface area contributed by atoms with Crippen LogP contribution >= 0.6 is 0 Å². The Labute approximate surface area is 91.1 Å². The Morgan fingerprint density at radius 2 is 2.20 bits per heavy atom. The lowest BCUT2D eigenvalue weighted by Gasteiger charge is -2.10. The second-order valence-corrected chi connectivity index (χ2v) is 4.73. The molecule has 4 heteroatoms. The van der Waals surface area contributed by atoms with Crippen LogP contribution in [0.2, 0.25) is 0 Å². The molecular weight excluding hydrogens is 188 g/mol. The molecule has 1 aromatic heterocycles. The van der Waals surface area contributed by atoms with Crippen LogP contribution in [0.3, 0.4) is 0 Å². The van der Waals surface area contributed by atoms with Gasteiger partial charge in [-0.1, -0.05) is 19.1 Å². The number of nitrogens with one attached hydrogen (secondary N) is 1. The van der Waals surface area contributed by atoms with E-state index in [4.69, 9.17) is 0 Å². The zero-order valence-corrected chi connectivity index (χ0v) is 9.82. The van der Waals surface area contributed by atoms with E-state index in [0.717, 1.165) is 24.7 Å². The first-order valence-corrected chi connectivity index (χ1v) is 5.79. The lowest BCUT2D eigenvalue weighted by Crippen LogP contribution is -2.12. The Hall–Kier alpha value is -0.900. The van der Waals surface area contributed by atoms with Crippen LogP contribution in [0.25, 0.3) is 0 Å². The van der Waals surface area contributed by atoms with Crippen molar-refractivity contribution >= 4 is 0 Å². The minimum atomic E-state index is 0.502. The van der Waals surface area contributed by atoms with Crippen molar-refractivity contribution in [3.8, 4) is 0 Å². The minimum Gasteiger partial charge on any atom is -0.314 e. The summed E-state index contributed by atoms with van der Waals surface area (Å²) < 4.78 is 2.11. The van der Waals surface area contributed by atoms with Crippen LogP contribution in [0.4, 0.5) is 0 Å². The maximum Gasteiger partial charge on any atom is 0.0999 e. The van der Waals surface area contributed by atoms with Gasteiger partial charge >= 0.3 is 0 Å². The fraction of sp³-hybridized carbons (Fsp3) is 0.818. The molecule has 0 atom stereocenters. The average Bonchev–Trinajstić information content (AvgIpc) is 2.88. The van der Waals surface area contributed by atoms with Gasteiger partial charge in [0.05, 0.1) is 11.4 Å². The highest BCUT2D eigenvalue weighted by atomic mass is 15.4. The van der Waals surface area contributed by atoms with Gasteiger partial charge in [-0.3, -0.25) is 0 Å². The first-order chi connectivity index (χ1) is 7.22. The first-order valence-electron chi connectivity index (χ1n) is 5.79. The van der Waals surface area contributed by atoms with E-state index >= 15 is 0 Å². The molecule has 0 bridgehead atoms. The molecule has 1 aromatic rings. The molecule has 1 aliphatic rings. The van der Waals surface area contributed by atoms with Crippen molar-refractivity contribution in [1.29, 1.82) is 0 Å². The second-order valence-electron chi connectivity index (χ2n) is 4.73. The SMILES string of the molecule is CNCc1nnn(CC2CC2)c1C(C)C. The molecule has 1 saturated carbocycles. The van der Waals surface area contributed by atoms with Gasteiger partial charge in [0.2, 0.25) is 0 Å². The Bertz CT molecular complexity index is 325. The Morgan fingerprint density at radius 1 is 1.47 bits per heavy atom. The van der Waals surface area contributed by atoms with E-state index in [2.05, 4.69) is 34.2 Å². The van der Waals surface area contributed by atoms with E-state index in [1.54, 1.807) is 0 Å². The average molecular weight is 208 g/mol. The summed E-state index contributed by atoms with van der Waals surface area (Å²) in [6.45, 7) is 6.30. The third kappa shape index (κ3) is 2.37. The van der Waals surface area contributed by atoms with E-state index in [-0.39, 0.29) is 0 Å². The Kier molecular flexibility index (Phi) is 3.05. The largest absolute Gasteiger partial charge is 0.314 e. The maximum atomic E-state index is 4.26. The normalized spacial score (nSPS) is 16.3. The van der Waals surface area contributed by atoms with Gasteiger partial charge in [0.1, 0.15) is 0 Å². The highest BCUT2D eigenvalue weighted by Crippen LogP contribution is 2.31. The smallest absolute Gasteiger partial charge is 0.0999 e. The number of hydrogen-bond donors (Lipinski definition) is 1. The predicted molar refractivity (Wildman–Crippen MR) is 59.6 cm³/mol. The Morgan fingerprint density at radius 3 is 2.73 bits per heavy atom. The van der Waals surface area contributed by atoms with Crippen molar-refractivity contribution in [3.63, 3.8) is 0 Å². The summed E-state index contributed by atoms with van der Waals surface area (Å²) >= 11 is 0. The minimum absolute atomic E-state index is 0.502. The summed E-state index contributed by atoms with van der Waals surface area (Å²) in [6, 6.07) is 0. The van der Waals surface area contributed by atoms with Gasteiger partial charge in [-0.25, -0.2) is 4.68 Å². The van der Waals surface area contributed by atoms with Crippen molar-refractivity contribution in [1.82, 2.24) is 20.3 Å². The Balaban J connectivity index is 2.19. The van der Waals surface area contributed by atoms with Crippen LogP contribution in [0.1, 0.15) is 44.0 Å². The molecule has 0 spiro atoms. The fourth-order valence-corrected chi connectivity index (χ4v) is 1.96. The van der Waals surface area contributed by atoms with E-state index < -0.39 is 0 Å². The molecule has 0 unspecified atom stereocenters. The van der Waals surface area contributed by atoms with E-state index in [9.17, 15) is 0 Å². The van der Waals surface area contributed by atoms with Crippen LogP contribution in [-0.2, 0) is 13.1 Å². The quantitative estimate of drug-likeness (QED) is 0.798. The van der Waals surface area contributed by atoms with Crippen LogP contribution < -0.4 is 5.32 Å². The van der Waals surface area contributed by atoms with E-state index in [1.807, 2.05) is 7.05 Å². The van der Waals surface area contributed by atoms with Gasteiger partial charge in [-0.15, -0.1) is 5.10 Å². The van der Waals surface area contributed by atoms with Crippen LogP contribution in [0.5, 0.6) is 0 Å². The number of nitrogens with zero attached hydrogens (tertiary/aromatic N) is 3. The summed E-state index contributed by atoms with van der Waals surface area (Å²) in [4.78, 5) is 0. The molecule has 1 heterocycles. The standard InChI is InChI=1S/C11H20N4/c1-8(2)11-10(6-12-3)13-14-15(11)7-9-4-5-9/h8-9,12H,4-7H2,1-3H3. The molecule has 1 N–H and O–H groups in total. The maximum absolute atomic E-state index is 4.26. The highest BCUT2D eigenvalue weighted by Gasteiger charge is 2.25. The summed E-state index contributed by atoms with van der Waals surface area (Å²) in [5.41, 5.74) is 2.41. The lowest BCUT2D eigenvalue weighted by atomic mass is 10.1. The molecule has 1 fully saturated rings. The monoisotopic (exact) mass is 208 g/mol. The summed E-state index contributed by atoms with van der Waals surface area (Å²) in [5.74, 6) is 1.36. The van der Waals surface area contributed by atoms with Crippen molar-refractivity contribution in [2.24, 2.45) is 5.92 Å². The highest BCUT2D eigenvalue weighted by molar-refractivity contribution is 5.14. The van der Waals surface area contributed by atoms with Crippen molar-refractivity contribution in [2.45, 2.75) is 45.7 Å². The van der Waals surface area contributed by atoms with E-state index in [0.29, 0.717) is 5.92 Å². The lowest BCUT2D eigenvalue weighted by molar-refractivity contribution is 0.512. The van der Waals surface area contributed by atoms with Gasteiger partial charge in [-0.2, -0.15) is 0 Å². The van der Waals surface area contributed by atoms with Crippen LogP contribution in [-0.4, -0.2) is 22.0 Å². The summed E-state index contributed by atoms with van der Waals surface area (Å²) in [7, 11) is 1.95. The number of rotatable bonds is 5. The third-order valence-electron chi connectivity index (χ3n) is 2.87. The number of aromatic nitrogens is 3. The van der Waals surface area contributed by atoms with Gasteiger partial charge in [0.25, 0.3) is 0 Å². The molecule has 1 aliphatic carbocycles. The first kappa shape index (κ1) is 10.6. The molecule has 4 nitrogen and oxygen atoms in total. The fourth-order valence-electron chi connectivity index (χ4n) is 1.96. The molecule has 0 saturated heterocycles. The summed E-state index contributed by atoms with van der Waals surface area (Å²) in [5, 5.41) is 11.7. The number of hydrogen-bond acceptors (Lipinski definition) is 3. The van der Waals surface area contributed by atoms with Crippen LogP contribution in [0, 0.1) is 5.92 Å². The molecule has 0 amide bonds. The van der Waals surface area contributed by atoms with Gasteiger partial charge in [-0.05, 0) is 31.7 Å². The van der Waals surface area contributed by atoms with Crippen molar-refractivity contribution in [3.05, 3.63) is 11.4 Å². The van der Waals surface area contributed by atoms with Crippen LogP contribution in [0.15, 0.2) is 0 Å². The zero-order valence-electron chi connectivity index (χ0n) is 9.82.